The standard InChI is InChI=1S/C26H34O7/c1-16(11-12-19-18(3)10-7-13-26(19,4)5)8-6-9-17(2)14-21(29)32-24-22(30)25(31)33-23(24)20(28)15-27/h6,8-9,11-12,14,20,23,27-28,30H,7,10,13,15H2,1-5H3/b9-6+,12-11+,16-8+,17-14+/t20-,23+/m0/s1. The lowest BCUT2D eigenvalue weighted by Gasteiger charge is -2.32. The molecule has 2 atom stereocenters. The molecule has 2 aliphatic rings. The molecule has 0 spiro atoms. The van der Waals surface area contributed by atoms with Gasteiger partial charge < -0.3 is 24.8 Å². The van der Waals surface area contributed by atoms with Gasteiger partial charge in [-0.3, -0.25) is 0 Å². The van der Waals surface area contributed by atoms with Crippen molar-refractivity contribution in [3.8, 4) is 0 Å². The van der Waals surface area contributed by atoms with Gasteiger partial charge in [0.25, 0.3) is 0 Å². The second kappa shape index (κ2) is 11.3. The van der Waals surface area contributed by atoms with E-state index >= 15 is 0 Å². The van der Waals surface area contributed by atoms with Crippen molar-refractivity contribution in [1.82, 2.24) is 0 Å². The first-order valence-electron chi connectivity index (χ1n) is 11.0. The van der Waals surface area contributed by atoms with Crippen molar-refractivity contribution in [2.45, 2.75) is 66.1 Å². The predicted octanol–water partition coefficient (Wildman–Crippen LogP) is 4.11. The monoisotopic (exact) mass is 458 g/mol. The first-order valence-corrected chi connectivity index (χ1v) is 11.0. The fraction of sp³-hybridized carbons (Fsp3) is 0.462. The average Bonchev–Trinajstić information content (AvgIpc) is 3.00. The molecule has 0 amide bonds. The van der Waals surface area contributed by atoms with Gasteiger partial charge in [0.1, 0.15) is 6.10 Å². The van der Waals surface area contributed by atoms with Gasteiger partial charge >= 0.3 is 11.9 Å². The van der Waals surface area contributed by atoms with E-state index in [-0.39, 0.29) is 5.41 Å². The molecule has 0 aromatic rings. The maximum atomic E-state index is 12.2. The van der Waals surface area contributed by atoms with Crippen molar-refractivity contribution in [2.24, 2.45) is 5.41 Å². The number of allylic oxidation sites excluding steroid dienone is 9. The number of ether oxygens (including phenoxy) is 2. The van der Waals surface area contributed by atoms with E-state index in [1.807, 2.05) is 19.1 Å². The molecule has 33 heavy (non-hydrogen) atoms. The van der Waals surface area contributed by atoms with Gasteiger partial charge in [0.15, 0.2) is 6.10 Å². The highest BCUT2D eigenvalue weighted by Crippen LogP contribution is 2.40. The second-order valence-electron chi connectivity index (χ2n) is 9.13. The Bertz CT molecular complexity index is 957. The smallest absolute Gasteiger partial charge is 0.378 e. The lowest BCUT2D eigenvalue weighted by atomic mass is 9.72. The Balaban J connectivity index is 2.02. The summed E-state index contributed by atoms with van der Waals surface area (Å²) in [5, 5.41) is 28.5. The molecule has 2 rings (SSSR count). The van der Waals surface area contributed by atoms with Gasteiger partial charge in [-0.05, 0) is 56.6 Å². The Kier molecular flexibility index (Phi) is 9.02. The summed E-state index contributed by atoms with van der Waals surface area (Å²) in [6.07, 6.45) is 11.5. The van der Waals surface area contributed by atoms with Crippen LogP contribution >= 0.6 is 0 Å². The fourth-order valence-electron chi connectivity index (χ4n) is 3.92. The Morgan fingerprint density at radius 3 is 2.61 bits per heavy atom. The predicted molar refractivity (Wildman–Crippen MR) is 125 cm³/mol. The third kappa shape index (κ3) is 7.04. The number of carbonyl (C=O) groups is 2. The van der Waals surface area contributed by atoms with Crippen LogP contribution in [0.5, 0.6) is 0 Å². The van der Waals surface area contributed by atoms with Crippen LogP contribution < -0.4 is 0 Å². The van der Waals surface area contributed by atoms with Crippen LogP contribution in [0.3, 0.4) is 0 Å². The van der Waals surface area contributed by atoms with Crippen LogP contribution in [0.25, 0.3) is 0 Å². The van der Waals surface area contributed by atoms with Crippen molar-refractivity contribution >= 4 is 11.9 Å². The second-order valence-corrected chi connectivity index (χ2v) is 9.13. The summed E-state index contributed by atoms with van der Waals surface area (Å²) in [5.41, 5.74) is 4.64. The van der Waals surface area contributed by atoms with Gasteiger partial charge in [-0.25, -0.2) is 9.59 Å². The normalized spacial score (nSPS) is 23.0. The number of aliphatic hydroxyl groups is 3. The molecule has 0 unspecified atom stereocenters. The van der Waals surface area contributed by atoms with Gasteiger partial charge in [-0.2, -0.15) is 0 Å². The lowest BCUT2D eigenvalue weighted by molar-refractivity contribution is -0.150. The minimum Gasteiger partial charge on any atom is -0.499 e. The zero-order valence-electron chi connectivity index (χ0n) is 19.9. The summed E-state index contributed by atoms with van der Waals surface area (Å²) in [7, 11) is 0. The Morgan fingerprint density at radius 2 is 1.97 bits per heavy atom. The number of rotatable bonds is 8. The number of esters is 2. The van der Waals surface area contributed by atoms with E-state index in [1.165, 1.54) is 30.1 Å². The zero-order valence-corrected chi connectivity index (χ0v) is 19.9. The van der Waals surface area contributed by atoms with Gasteiger partial charge in [0.05, 0.1) is 6.61 Å². The molecule has 180 valence electrons. The van der Waals surface area contributed by atoms with Gasteiger partial charge in [0, 0.05) is 6.08 Å². The Labute approximate surface area is 195 Å². The van der Waals surface area contributed by atoms with E-state index < -0.39 is 42.3 Å². The third-order valence-corrected chi connectivity index (χ3v) is 5.79. The lowest BCUT2D eigenvalue weighted by Crippen LogP contribution is -2.33. The minimum absolute atomic E-state index is 0.180. The van der Waals surface area contributed by atoms with Crippen molar-refractivity contribution in [3.63, 3.8) is 0 Å². The SMILES string of the molecule is CC1=C(/C=C/C(C)=C/C=C/C(C)=C/C(=O)OC2=C(O)C(=O)O[C@@H]2[C@@H](O)CO)C(C)(C)CCC1. The topological polar surface area (TPSA) is 113 Å². The van der Waals surface area contributed by atoms with Gasteiger partial charge in [-0.1, -0.05) is 55.4 Å². The first kappa shape index (κ1) is 26.4. The van der Waals surface area contributed by atoms with Crippen molar-refractivity contribution in [3.05, 3.63) is 70.3 Å². The highest BCUT2D eigenvalue weighted by molar-refractivity contribution is 5.91. The molecule has 7 nitrogen and oxygen atoms in total. The van der Waals surface area contributed by atoms with E-state index in [1.54, 1.807) is 13.0 Å². The van der Waals surface area contributed by atoms with Crippen molar-refractivity contribution in [1.29, 1.82) is 0 Å². The van der Waals surface area contributed by atoms with E-state index in [9.17, 15) is 19.8 Å². The maximum Gasteiger partial charge on any atom is 0.378 e. The zero-order chi connectivity index (χ0) is 24.8. The summed E-state index contributed by atoms with van der Waals surface area (Å²) in [5.74, 6) is -3.41. The molecule has 0 saturated heterocycles. The third-order valence-electron chi connectivity index (χ3n) is 5.79. The molecule has 0 saturated carbocycles. The van der Waals surface area contributed by atoms with E-state index in [2.05, 4.69) is 32.9 Å². The van der Waals surface area contributed by atoms with Crippen LogP contribution in [0.4, 0.5) is 0 Å². The number of hydrogen-bond donors (Lipinski definition) is 3. The number of aliphatic hydroxyl groups excluding tert-OH is 3. The molecule has 0 aromatic heterocycles. The van der Waals surface area contributed by atoms with Gasteiger partial charge in [0.2, 0.25) is 11.5 Å². The number of hydrogen-bond acceptors (Lipinski definition) is 7. The summed E-state index contributed by atoms with van der Waals surface area (Å²) >= 11 is 0. The van der Waals surface area contributed by atoms with Crippen LogP contribution in [-0.4, -0.2) is 46.1 Å². The molecule has 3 N–H and O–H groups in total. The van der Waals surface area contributed by atoms with Crippen LogP contribution in [0.1, 0.15) is 53.9 Å². The molecule has 1 aliphatic carbocycles. The van der Waals surface area contributed by atoms with Crippen molar-refractivity contribution < 1.29 is 34.4 Å². The molecule has 0 aromatic carbocycles. The Hall–Kier alpha value is -2.90. The van der Waals surface area contributed by atoms with Crippen LogP contribution in [0, 0.1) is 5.41 Å². The molecule has 0 bridgehead atoms. The summed E-state index contributed by atoms with van der Waals surface area (Å²) in [6.45, 7) is 9.70. The highest BCUT2D eigenvalue weighted by Gasteiger charge is 2.41. The fourth-order valence-corrected chi connectivity index (χ4v) is 3.92. The van der Waals surface area contributed by atoms with E-state index in [4.69, 9.17) is 14.6 Å². The first-order chi connectivity index (χ1) is 15.5. The van der Waals surface area contributed by atoms with Crippen LogP contribution in [0.2, 0.25) is 0 Å². The Morgan fingerprint density at radius 1 is 1.27 bits per heavy atom. The highest BCUT2D eigenvalue weighted by atomic mass is 16.6. The average molecular weight is 459 g/mol. The quantitative estimate of drug-likeness (QED) is 0.285. The molecular weight excluding hydrogens is 424 g/mol. The molecule has 7 heteroatoms. The maximum absolute atomic E-state index is 12.2. The number of carbonyl (C=O) groups excluding carboxylic acids is 2. The van der Waals surface area contributed by atoms with E-state index in [0.29, 0.717) is 5.57 Å². The molecule has 1 aliphatic heterocycles. The van der Waals surface area contributed by atoms with Crippen LogP contribution in [0.15, 0.2) is 70.3 Å². The molecule has 0 radical (unpaired) electrons. The van der Waals surface area contributed by atoms with Gasteiger partial charge in [-0.15, -0.1) is 0 Å². The molecular formula is C26H34O7. The molecule has 0 fully saturated rings. The van der Waals surface area contributed by atoms with E-state index in [0.717, 1.165) is 12.0 Å². The summed E-state index contributed by atoms with van der Waals surface area (Å²) in [6, 6.07) is 0. The largest absolute Gasteiger partial charge is 0.499 e. The van der Waals surface area contributed by atoms with Crippen molar-refractivity contribution in [2.75, 3.05) is 6.61 Å². The van der Waals surface area contributed by atoms with Crippen LogP contribution in [-0.2, 0) is 19.1 Å². The minimum atomic E-state index is -1.52. The summed E-state index contributed by atoms with van der Waals surface area (Å²) in [4.78, 5) is 23.6. The molecule has 1 heterocycles. The summed E-state index contributed by atoms with van der Waals surface area (Å²) < 4.78 is 9.71. The number of cyclic esters (lactones) is 1.